The van der Waals surface area contributed by atoms with Gasteiger partial charge >= 0.3 is 5.97 Å². The number of carboxylic acid groups (broad SMARTS) is 1. The highest BCUT2D eigenvalue weighted by atomic mass is 32.2. The fourth-order valence-corrected chi connectivity index (χ4v) is 2.42. The van der Waals surface area contributed by atoms with E-state index in [9.17, 15) is 4.79 Å². The Labute approximate surface area is 128 Å². The lowest BCUT2D eigenvalue weighted by Gasteiger charge is -2.18. The summed E-state index contributed by atoms with van der Waals surface area (Å²) in [5.41, 5.74) is 2.29. The van der Waals surface area contributed by atoms with Gasteiger partial charge < -0.3 is 5.11 Å². The largest absolute Gasteiger partial charge is 0.480 e. The number of carbonyl (C=O) groups is 1. The van der Waals surface area contributed by atoms with Crippen LogP contribution >= 0.6 is 11.8 Å². The van der Waals surface area contributed by atoms with Crippen LogP contribution in [-0.2, 0) is 10.2 Å². The van der Waals surface area contributed by atoms with Crippen molar-refractivity contribution in [3.8, 4) is 11.4 Å². The SMILES string of the molecule is C[C@@H](Sc1n[nH]c(-c2ccc(C(C)(C)C)cc2)n1)C(=O)O. The van der Waals surface area contributed by atoms with E-state index in [1.165, 1.54) is 5.56 Å². The molecule has 1 heterocycles. The molecule has 2 aromatic rings. The van der Waals surface area contributed by atoms with Gasteiger partial charge in [0, 0.05) is 5.56 Å². The molecule has 0 bridgehead atoms. The maximum absolute atomic E-state index is 10.8. The van der Waals surface area contributed by atoms with Gasteiger partial charge in [-0.1, -0.05) is 56.8 Å². The number of thioether (sulfide) groups is 1. The molecule has 0 amide bonds. The molecule has 0 aliphatic rings. The molecule has 6 heteroatoms. The molecular weight excluding hydrogens is 286 g/mol. The third-order valence-corrected chi connectivity index (χ3v) is 4.07. The van der Waals surface area contributed by atoms with Crippen molar-refractivity contribution in [2.75, 3.05) is 0 Å². The molecule has 1 atom stereocenters. The molecule has 2 rings (SSSR count). The molecule has 112 valence electrons. The molecule has 5 nitrogen and oxygen atoms in total. The van der Waals surface area contributed by atoms with E-state index in [1.807, 2.05) is 12.1 Å². The minimum Gasteiger partial charge on any atom is -0.480 e. The zero-order chi connectivity index (χ0) is 15.6. The van der Waals surface area contributed by atoms with Gasteiger partial charge in [0.1, 0.15) is 5.25 Å². The summed E-state index contributed by atoms with van der Waals surface area (Å²) in [6.07, 6.45) is 0. The van der Waals surface area contributed by atoms with E-state index in [1.54, 1.807) is 6.92 Å². The Kier molecular flexibility index (Phi) is 4.37. The Bertz CT molecular complexity index is 629. The van der Waals surface area contributed by atoms with Gasteiger partial charge in [0.15, 0.2) is 5.82 Å². The van der Waals surface area contributed by atoms with Crippen LogP contribution in [0.15, 0.2) is 29.4 Å². The average Bonchev–Trinajstić information content (AvgIpc) is 2.86. The van der Waals surface area contributed by atoms with Crippen molar-refractivity contribution in [2.45, 2.75) is 43.5 Å². The quantitative estimate of drug-likeness (QED) is 0.847. The maximum Gasteiger partial charge on any atom is 0.316 e. The highest BCUT2D eigenvalue weighted by Crippen LogP contribution is 2.26. The normalized spacial score (nSPS) is 13.1. The van der Waals surface area contributed by atoms with E-state index >= 15 is 0 Å². The van der Waals surface area contributed by atoms with Gasteiger partial charge in [-0.3, -0.25) is 9.89 Å². The van der Waals surface area contributed by atoms with Gasteiger partial charge in [0.25, 0.3) is 0 Å². The van der Waals surface area contributed by atoms with E-state index < -0.39 is 11.2 Å². The summed E-state index contributed by atoms with van der Waals surface area (Å²) >= 11 is 1.12. The number of carboxylic acids is 1. The van der Waals surface area contributed by atoms with Gasteiger partial charge in [-0.05, 0) is 17.9 Å². The molecule has 0 fully saturated rings. The Morgan fingerprint density at radius 2 is 1.90 bits per heavy atom. The summed E-state index contributed by atoms with van der Waals surface area (Å²) in [7, 11) is 0. The third kappa shape index (κ3) is 3.85. The summed E-state index contributed by atoms with van der Waals surface area (Å²) in [6.45, 7) is 8.11. The second kappa shape index (κ2) is 5.89. The van der Waals surface area contributed by atoms with Crippen molar-refractivity contribution >= 4 is 17.7 Å². The van der Waals surface area contributed by atoms with Crippen molar-refractivity contribution in [2.24, 2.45) is 0 Å². The molecule has 0 unspecified atom stereocenters. The first kappa shape index (κ1) is 15.6. The smallest absolute Gasteiger partial charge is 0.316 e. The van der Waals surface area contributed by atoms with Crippen LogP contribution in [0.2, 0.25) is 0 Å². The van der Waals surface area contributed by atoms with Crippen LogP contribution in [0.4, 0.5) is 0 Å². The minimum absolute atomic E-state index is 0.109. The summed E-state index contributed by atoms with van der Waals surface area (Å²) in [5, 5.41) is 15.7. The first-order chi connectivity index (χ1) is 9.77. The van der Waals surface area contributed by atoms with Crippen LogP contribution in [0.5, 0.6) is 0 Å². The number of nitrogens with zero attached hydrogens (tertiary/aromatic N) is 2. The van der Waals surface area contributed by atoms with Crippen molar-refractivity contribution in [3.63, 3.8) is 0 Å². The van der Waals surface area contributed by atoms with Crippen LogP contribution in [-0.4, -0.2) is 31.5 Å². The second-order valence-corrected chi connectivity index (χ2v) is 7.20. The molecule has 21 heavy (non-hydrogen) atoms. The Hall–Kier alpha value is -1.82. The molecule has 1 aromatic carbocycles. The average molecular weight is 305 g/mol. The zero-order valence-corrected chi connectivity index (χ0v) is 13.4. The minimum atomic E-state index is -0.874. The van der Waals surface area contributed by atoms with Crippen LogP contribution in [0, 0.1) is 0 Å². The molecule has 1 aromatic heterocycles. The Morgan fingerprint density at radius 1 is 1.29 bits per heavy atom. The van der Waals surface area contributed by atoms with E-state index in [2.05, 4.69) is 48.1 Å². The van der Waals surface area contributed by atoms with Crippen LogP contribution in [0.25, 0.3) is 11.4 Å². The molecule has 0 saturated heterocycles. The van der Waals surface area contributed by atoms with Crippen molar-refractivity contribution in [1.29, 1.82) is 0 Å². The highest BCUT2D eigenvalue weighted by Gasteiger charge is 2.17. The molecule has 0 aliphatic heterocycles. The fourth-order valence-electron chi connectivity index (χ4n) is 1.76. The van der Waals surface area contributed by atoms with Crippen LogP contribution in [0.3, 0.4) is 0 Å². The number of hydrogen-bond donors (Lipinski definition) is 2. The summed E-state index contributed by atoms with van der Waals surface area (Å²) in [5.74, 6) is -0.226. The number of aromatic amines is 1. The van der Waals surface area contributed by atoms with Gasteiger partial charge in [0.05, 0.1) is 0 Å². The summed E-state index contributed by atoms with van der Waals surface area (Å²) < 4.78 is 0. The molecule has 2 N–H and O–H groups in total. The number of H-pyrrole nitrogens is 1. The fraction of sp³-hybridized carbons (Fsp3) is 0.400. The van der Waals surface area contributed by atoms with Gasteiger partial charge in [-0.25, -0.2) is 4.98 Å². The monoisotopic (exact) mass is 305 g/mol. The van der Waals surface area contributed by atoms with E-state index in [0.29, 0.717) is 11.0 Å². The predicted octanol–water partition coefficient (Wildman–Crippen LogP) is 3.33. The summed E-state index contributed by atoms with van der Waals surface area (Å²) in [6, 6.07) is 8.14. The molecule has 0 saturated carbocycles. The summed E-state index contributed by atoms with van der Waals surface area (Å²) in [4.78, 5) is 15.2. The standard InChI is InChI=1S/C15H19N3O2S/c1-9(13(19)20)21-14-16-12(17-18-14)10-5-7-11(8-6-10)15(2,3)4/h5-9H,1-4H3,(H,19,20)(H,16,17,18)/t9-/m1/s1. The highest BCUT2D eigenvalue weighted by molar-refractivity contribution is 8.00. The number of hydrogen-bond acceptors (Lipinski definition) is 4. The number of aliphatic carboxylic acids is 1. The van der Waals surface area contributed by atoms with Gasteiger partial charge in [-0.2, -0.15) is 0 Å². The number of rotatable bonds is 4. The Morgan fingerprint density at radius 3 is 2.43 bits per heavy atom. The first-order valence-electron chi connectivity index (χ1n) is 6.70. The van der Waals surface area contributed by atoms with Crippen molar-refractivity contribution < 1.29 is 9.90 Å². The topological polar surface area (TPSA) is 78.9 Å². The molecule has 0 radical (unpaired) electrons. The third-order valence-electron chi connectivity index (χ3n) is 3.12. The van der Waals surface area contributed by atoms with Crippen LogP contribution < -0.4 is 0 Å². The van der Waals surface area contributed by atoms with E-state index in [4.69, 9.17) is 5.11 Å². The van der Waals surface area contributed by atoms with Gasteiger partial charge in [-0.15, -0.1) is 5.10 Å². The first-order valence-corrected chi connectivity index (χ1v) is 7.58. The van der Waals surface area contributed by atoms with Crippen molar-refractivity contribution in [1.82, 2.24) is 15.2 Å². The van der Waals surface area contributed by atoms with Crippen LogP contribution in [0.1, 0.15) is 33.3 Å². The maximum atomic E-state index is 10.8. The number of benzene rings is 1. The van der Waals surface area contributed by atoms with Gasteiger partial charge in [0.2, 0.25) is 5.16 Å². The molecular formula is C15H19N3O2S. The van der Waals surface area contributed by atoms with E-state index in [-0.39, 0.29) is 5.41 Å². The molecule has 0 aliphatic carbocycles. The van der Waals surface area contributed by atoms with Crippen molar-refractivity contribution in [3.05, 3.63) is 29.8 Å². The lowest BCUT2D eigenvalue weighted by molar-refractivity contribution is -0.136. The second-order valence-electron chi connectivity index (χ2n) is 5.89. The zero-order valence-electron chi connectivity index (χ0n) is 12.5. The lowest BCUT2D eigenvalue weighted by Crippen LogP contribution is -2.11. The molecule has 0 spiro atoms. The number of nitrogens with one attached hydrogen (secondary N) is 1. The Balaban J connectivity index is 2.16. The predicted molar refractivity (Wildman–Crippen MR) is 83.5 cm³/mol. The lowest BCUT2D eigenvalue weighted by atomic mass is 9.87. The number of aromatic nitrogens is 3. The van der Waals surface area contributed by atoms with E-state index in [0.717, 1.165) is 17.3 Å².